The summed E-state index contributed by atoms with van der Waals surface area (Å²) in [4.78, 5) is 23.6. The van der Waals surface area contributed by atoms with Crippen LogP contribution in [-0.2, 0) is 15.0 Å². The van der Waals surface area contributed by atoms with Crippen molar-refractivity contribution >= 4 is 11.9 Å². The molecule has 0 aliphatic carbocycles. The molecule has 1 aromatic carbocycles. The van der Waals surface area contributed by atoms with Gasteiger partial charge in [0, 0.05) is 13.1 Å². The van der Waals surface area contributed by atoms with Gasteiger partial charge < -0.3 is 10.0 Å². The van der Waals surface area contributed by atoms with E-state index in [2.05, 4.69) is 0 Å². The second-order valence-electron chi connectivity index (χ2n) is 5.08. The van der Waals surface area contributed by atoms with E-state index in [0.29, 0.717) is 10.5 Å². The predicted octanol–water partition coefficient (Wildman–Crippen LogP) is 2.19. The van der Waals surface area contributed by atoms with Crippen molar-refractivity contribution in [1.29, 1.82) is 0 Å². The highest BCUT2D eigenvalue weighted by atomic mass is 19.4. The lowest BCUT2D eigenvalue weighted by molar-refractivity contribution is -0.188. The van der Waals surface area contributed by atoms with Crippen molar-refractivity contribution in [2.24, 2.45) is 0 Å². The van der Waals surface area contributed by atoms with E-state index in [0.717, 1.165) is 0 Å². The number of nitrogens with zero attached hydrogens (tertiary/aromatic N) is 1. The van der Waals surface area contributed by atoms with Crippen LogP contribution in [0.5, 0.6) is 0 Å². The van der Waals surface area contributed by atoms with E-state index >= 15 is 0 Å². The Morgan fingerprint density at radius 1 is 1.19 bits per heavy atom. The molecule has 1 aromatic rings. The Hall–Kier alpha value is -2.05. The first-order chi connectivity index (χ1) is 9.77. The Bertz CT molecular complexity index is 544. The number of carbonyl (C=O) groups excluding carboxylic acids is 1. The summed E-state index contributed by atoms with van der Waals surface area (Å²) in [7, 11) is 0. The number of carboxylic acids is 1. The van der Waals surface area contributed by atoms with Gasteiger partial charge in [-0.2, -0.15) is 13.2 Å². The number of piperidine rings is 1. The third kappa shape index (κ3) is 2.86. The van der Waals surface area contributed by atoms with Gasteiger partial charge in [0.2, 0.25) is 0 Å². The van der Waals surface area contributed by atoms with E-state index in [-0.39, 0.29) is 19.4 Å². The molecule has 1 aliphatic rings. The van der Waals surface area contributed by atoms with Crippen molar-refractivity contribution in [3.8, 4) is 0 Å². The molecule has 1 heterocycles. The number of carboxylic acid groups (broad SMARTS) is 1. The number of benzene rings is 1. The van der Waals surface area contributed by atoms with Crippen molar-refractivity contribution in [2.45, 2.75) is 24.4 Å². The summed E-state index contributed by atoms with van der Waals surface area (Å²) in [5, 5.41) is 9.53. The van der Waals surface area contributed by atoms with Crippen LogP contribution < -0.4 is 0 Å². The van der Waals surface area contributed by atoms with Crippen LogP contribution >= 0.6 is 0 Å². The van der Waals surface area contributed by atoms with Gasteiger partial charge in [-0.05, 0) is 18.4 Å². The van der Waals surface area contributed by atoms with Crippen molar-refractivity contribution < 1.29 is 27.9 Å². The fraction of sp³-hybridized carbons (Fsp3) is 0.429. The maximum absolute atomic E-state index is 12.6. The van der Waals surface area contributed by atoms with Gasteiger partial charge in [0.05, 0.1) is 0 Å². The molecular weight excluding hydrogens is 287 g/mol. The summed E-state index contributed by atoms with van der Waals surface area (Å²) in [6.45, 7) is -0.551. The monoisotopic (exact) mass is 301 g/mol. The lowest BCUT2D eigenvalue weighted by Crippen LogP contribution is -2.55. The molecule has 1 unspecified atom stereocenters. The lowest BCUT2D eigenvalue weighted by Gasteiger charge is -2.40. The Balaban J connectivity index is 2.36. The molecule has 0 aromatic heterocycles. The van der Waals surface area contributed by atoms with Gasteiger partial charge in [0.15, 0.2) is 0 Å². The Labute approximate surface area is 119 Å². The Kier molecular flexibility index (Phi) is 3.93. The van der Waals surface area contributed by atoms with Crippen LogP contribution in [0.15, 0.2) is 30.3 Å². The molecule has 1 fully saturated rings. The number of amides is 1. The normalized spacial score (nSPS) is 22.9. The molecule has 0 radical (unpaired) electrons. The topological polar surface area (TPSA) is 57.6 Å². The van der Waals surface area contributed by atoms with Gasteiger partial charge in [-0.15, -0.1) is 0 Å². The van der Waals surface area contributed by atoms with E-state index in [4.69, 9.17) is 0 Å². The Morgan fingerprint density at radius 2 is 1.81 bits per heavy atom. The van der Waals surface area contributed by atoms with Gasteiger partial charge in [0.1, 0.15) is 5.41 Å². The number of carbonyl (C=O) groups is 2. The molecule has 0 spiro atoms. The number of hydrogen-bond acceptors (Lipinski definition) is 2. The zero-order valence-electron chi connectivity index (χ0n) is 11.1. The van der Waals surface area contributed by atoms with Gasteiger partial charge in [0.25, 0.3) is 0 Å². The largest absolute Gasteiger partial charge is 0.481 e. The van der Waals surface area contributed by atoms with Crippen LogP contribution in [0.1, 0.15) is 18.4 Å². The summed E-state index contributed by atoms with van der Waals surface area (Å²) in [6, 6.07) is 8.08. The molecule has 1 aliphatic heterocycles. The number of halogens is 3. The molecule has 1 N–H and O–H groups in total. The number of hydrogen-bond donors (Lipinski definition) is 1. The van der Waals surface area contributed by atoms with Crippen molar-refractivity contribution in [3.05, 3.63) is 35.9 Å². The zero-order valence-corrected chi connectivity index (χ0v) is 11.1. The van der Waals surface area contributed by atoms with Crippen LogP contribution in [-0.4, -0.2) is 41.1 Å². The second kappa shape index (κ2) is 5.38. The SMILES string of the molecule is O=C(N1CCCC(C(=O)O)(c2ccccc2)C1)C(F)(F)F. The van der Waals surface area contributed by atoms with E-state index in [9.17, 15) is 27.9 Å². The summed E-state index contributed by atoms with van der Waals surface area (Å²) in [6.07, 6.45) is -4.57. The first kappa shape index (κ1) is 15.3. The third-order valence-corrected chi connectivity index (χ3v) is 3.76. The first-order valence-electron chi connectivity index (χ1n) is 6.42. The maximum Gasteiger partial charge on any atom is 0.471 e. The van der Waals surface area contributed by atoms with Crippen LogP contribution in [0.3, 0.4) is 0 Å². The molecule has 1 saturated heterocycles. The van der Waals surface area contributed by atoms with Gasteiger partial charge in [-0.1, -0.05) is 30.3 Å². The van der Waals surface area contributed by atoms with E-state index < -0.39 is 30.0 Å². The predicted molar refractivity (Wildman–Crippen MR) is 67.6 cm³/mol. The quantitative estimate of drug-likeness (QED) is 0.911. The van der Waals surface area contributed by atoms with Gasteiger partial charge in [-0.25, -0.2) is 0 Å². The first-order valence-corrected chi connectivity index (χ1v) is 6.42. The summed E-state index contributed by atoms with van der Waals surface area (Å²) in [5.74, 6) is -3.20. The number of aliphatic carboxylic acids is 1. The molecule has 1 atom stereocenters. The van der Waals surface area contributed by atoms with Crippen LogP contribution in [0, 0.1) is 0 Å². The highest BCUT2D eigenvalue weighted by Gasteiger charge is 2.50. The molecular formula is C14H14F3NO3. The number of rotatable bonds is 2. The minimum atomic E-state index is -4.99. The molecule has 4 nitrogen and oxygen atoms in total. The lowest BCUT2D eigenvalue weighted by atomic mass is 9.74. The Morgan fingerprint density at radius 3 is 2.33 bits per heavy atom. The molecule has 1 amide bonds. The minimum Gasteiger partial charge on any atom is -0.481 e. The molecule has 0 saturated carbocycles. The molecule has 0 bridgehead atoms. The smallest absolute Gasteiger partial charge is 0.471 e. The van der Waals surface area contributed by atoms with Crippen molar-refractivity contribution in [2.75, 3.05) is 13.1 Å². The molecule has 114 valence electrons. The average Bonchev–Trinajstić information content (AvgIpc) is 2.46. The summed E-state index contributed by atoms with van der Waals surface area (Å²) >= 11 is 0. The van der Waals surface area contributed by atoms with E-state index in [1.165, 1.54) is 0 Å². The highest BCUT2D eigenvalue weighted by Crippen LogP contribution is 2.36. The van der Waals surface area contributed by atoms with Crippen molar-refractivity contribution in [1.82, 2.24) is 4.90 Å². The summed E-state index contributed by atoms with van der Waals surface area (Å²) < 4.78 is 37.7. The maximum atomic E-state index is 12.6. The van der Waals surface area contributed by atoms with Crippen LogP contribution in [0.25, 0.3) is 0 Å². The minimum absolute atomic E-state index is 0.0831. The molecule has 2 rings (SSSR count). The third-order valence-electron chi connectivity index (χ3n) is 3.76. The summed E-state index contributed by atoms with van der Waals surface area (Å²) in [5.41, 5.74) is -1.07. The standard InChI is InChI=1S/C14H14F3NO3/c15-14(16,17)11(19)18-8-4-7-13(9-18,12(20)21)10-5-2-1-3-6-10/h1-3,5-6H,4,7-9H2,(H,20,21). The zero-order chi connectivity index (χ0) is 15.7. The van der Waals surface area contributed by atoms with E-state index in [1.807, 2.05) is 0 Å². The fourth-order valence-electron chi connectivity index (χ4n) is 2.70. The highest BCUT2D eigenvalue weighted by molar-refractivity contribution is 5.86. The average molecular weight is 301 g/mol. The van der Waals surface area contributed by atoms with E-state index in [1.54, 1.807) is 30.3 Å². The molecule has 7 heteroatoms. The number of alkyl halides is 3. The van der Waals surface area contributed by atoms with Crippen LogP contribution in [0.2, 0.25) is 0 Å². The van der Waals surface area contributed by atoms with Gasteiger partial charge in [-0.3, -0.25) is 9.59 Å². The molecule has 21 heavy (non-hydrogen) atoms. The van der Waals surface area contributed by atoms with Crippen LogP contribution in [0.4, 0.5) is 13.2 Å². The number of likely N-dealkylation sites (tertiary alicyclic amines) is 1. The second-order valence-corrected chi connectivity index (χ2v) is 5.08. The van der Waals surface area contributed by atoms with Crippen molar-refractivity contribution in [3.63, 3.8) is 0 Å². The van der Waals surface area contributed by atoms with Gasteiger partial charge >= 0.3 is 18.1 Å². The fourth-order valence-corrected chi connectivity index (χ4v) is 2.70.